The Morgan fingerprint density at radius 2 is 2.36 bits per heavy atom. The van der Waals surface area contributed by atoms with E-state index < -0.39 is 0 Å². The summed E-state index contributed by atoms with van der Waals surface area (Å²) in [6.45, 7) is 4.17. The van der Waals surface area contributed by atoms with Gasteiger partial charge in [0.25, 0.3) is 0 Å². The lowest BCUT2D eigenvalue weighted by molar-refractivity contribution is 1.12. The summed E-state index contributed by atoms with van der Waals surface area (Å²) in [6.07, 6.45) is 1.61. The molecule has 0 unspecified atom stereocenters. The topological polar surface area (TPSA) is 36.7 Å². The van der Waals surface area contributed by atoms with Crippen molar-refractivity contribution in [2.75, 3.05) is 0 Å². The summed E-state index contributed by atoms with van der Waals surface area (Å²) < 4.78 is 0.818. The Morgan fingerprint density at radius 3 is 2.93 bits per heavy atom. The Bertz CT molecular complexity index is 380. The molecular weight excluding hydrogens is 212 g/mol. The summed E-state index contributed by atoms with van der Waals surface area (Å²) in [4.78, 5) is 3.89. The van der Waals surface area contributed by atoms with E-state index in [1.807, 2.05) is 12.1 Å². The SMILES string of the molecule is CC(C)SC(=S)c1ccnc(C#N)c1. The fourth-order valence-corrected chi connectivity index (χ4v) is 2.30. The van der Waals surface area contributed by atoms with Gasteiger partial charge in [0.1, 0.15) is 11.8 Å². The molecule has 0 aliphatic rings. The van der Waals surface area contributed by atoms with Crippen molar-refractivity contribution in [3.8, 4) is 6.07 Å². The molecular formula is C10H10N2S2. The van der Waals surface area contributed by atoms with E-state index in [0.717, 1.165) is 9.76 Å². The number of nitrogens with zero attached hydrogens (tertiary/aromatic N) is 2. The predicted molar refractivity (Wildman–Crippen MR) is 63.4 cm³/mol. The van der Waals surface area contributed by atoms with Crippen LogP contribution in [0, 0.1) is 11.3 Å². The average molecular weight is 222 g/mol. The van der Waals surface area contributed by atoms with E-state index in [0.29, 0.717) is 10.9 Å². The number of thioether (sulfide) groups is 1. The van der Waals surface area contributed by atoms with Crippen molar-refractivity contribution >= 4 is 28.2 Å². The summed E-state index contributed by atoms with van der Waals surface area (Å²) in [5.74, 6) is 0. The van der Waals surface area contributed by atoms with Gasteiger partial charge in [0.05, 0.1) is 4.20 Å². The summed E-state index contributed by atoms with van der Waals surface area (Å²) >= 11 is 6.85. The summed E-state index contributed by atoms with van der Waals surface area (Å²) in [5.41, 5.74) is 1.32. The summed E-state index contributed by atoms with van der Waals surface area (Å²) in [6, 6.07) is 5.55. The maximum atomic E-state index is 8.66. The molecule has 1 heterocycles. The van der Waals surface area contributed by atoms with Crippen molar-refractivity contribution in [2.45, 2.75) is 19.1 Å². The molecule has 0 saturated carbocycles. The second kappa shape index (κ2) is 5.08. The van der Waals surface area contributed by atoms with Crippen molar-refractivity contribution in [1.82, 2.24) is 4.98 Å². The molecule has 0 saturated heterocycles. The zero-order chi connectivity index (χ0) is 10.6. The fraction of sp³-hybridized carbons (Fsp3) is 0.300. The van der Waals surface area contributed by atoms with Crippen LogP contribution in [0.3, 0.4) is 0 Å². The van der Waals surface area contributed by atoms with Crippen LogP contribution in [0.2, 0.25) is 0 Å². The molecule has 0 atom stereocenters. The van der Waals surface area contributed by atoms with E-state index in [1.54, 1.807) is 24.0 Å². The molecule has 0 radical (unpaired) electrons. The van der Waals surface area contributed by atoms with Crippen LogP contribution in [0.1, 0.15) is 25.1 Å². The molecule has 0 fully saturated rings. The van der Waals surface area contributed by atoms with Crippen LogP contribution >= 0.6 is 24.0 Å². The third kappa shape index (κ3) is 3.09. The highest BCUT2D eigenvalue weighted by Gasteiger charge is 2.05. The van der Waals surface area contributed by atoms with Crippen LogP contribution < -0.4 is 0 Å². The Morgan fingerprint density at radius 1 is 1.64 bits per heavy atom. The lowest BCUT2D eigenvalue weighted by atomic mass is 10.2. The fourth-order valence-electron chi connectivity index (χ4n) is 0.901. The molecule has 1 rings (SSSR count). The molecule has 0 aromatic carbocycles. The molecule has 2 nitrogen and oxygen atoms in total. The molecule has 0 amide bonds. The molecule has 0 bridgehead atoms. The van der Waals surface area contributed by atoms with Crippen molar-refractivity contribution < 1.29 is 0 Å². The van der Waals surface area contributed by atoms with Gasteiger partial charge >= 0.3 is 0 Å². The number of thiocarbonyl (C=S) groups is 1. The van der Waals surface area contributed by atoms with Crippen LogP contribution in [0.15, 0.2) is 18.3 Å². The van der Waals surface area contributed by atoms with Gasteiger partial charge in [-0.25, -0.2) is 4.98 Å². The van der Waals surface area contributed by atoms with Crippen molar-refractivity contribution in [3.05, 3.63) is 29.6 Å². The second-order valence-electron chi connectivity index (χ2n) is 3.00. The number of nitriles is 1. The first-order valence-corrected chi connectivity index (χ1v) is 5.49. The quantitative estimate of drug-likeness (QED) is 0.721. The number of hydrogen-bond donors (Lipinski definition) is 0. The normalized spacial score (nSPS) is 9.86. The third-order valence-electron chi connectivity index (χ3n) is 1.45. The van der Waals surface area contributed by atoms with Crippen molar-refractivity contribution in [1.29, 1.82) is 5.26 Å². The van der Waals surface area contributed by atoms with Crippen LogP contribution in [0.4, 0.5) is 0 Å². The zero-order valence-corrected chi connectivity index (χ0v) is 9.65. The Hall–Kier alpha value is -0.920. The third-order valence-corrected chi connectivity index (χ3v) is 2.90. The highest BCUT2D eigenvalue weighted by molar-refractivity contribution is 8.24. The molecule has 4 heteroatoms. The molecule has 72 valence electrons. The Balaban J connectivity index is 2.86. The second-order valence-corrected chi connectivity index (χ2v) is 5.25. The zero-order valence-electron chi connectivity index (χ0n) is 8.02. The predicted octanol–water partition coefficient (Wildman–Crippen LogP) is 2.77. The van der Waals surface area contributed by atoms with Gasteiger partial charge < -0.3 is 0 Å². The highest BCUT2D eigenvalue weighted by atomic mass is 32.2. The lowest BCUT2D eigenvalue weighted by Crippen LogP contribution is -1.98. The first-order chi connectivity index (χ1) is 6.63. The molecule has 0 aliphatic carbocycles. The maximum absolute atomic E-state index is 8.66. The van der Waals surface area contributed by atoms with E-state index in [1.165, 1.54) is 0 Å². The molecule has 14 heavy (non-hydrogen) atoms. The van der Waals surface area contributed by atoms with E-state index in [4.69, 9.17) is 17.5 Å². The van der Waals surface area contributed by atoms with Crippen molar-refractivity contribution in [3.63, 3.8) is 0 Å². The first-order valence-electron chi connectivity index (χ1n) is 4.20. The smallest absolute Gasteiger partial charge is 0.141 e. The summed E-state index contributed by atoms with van der Waals surface area (Å²) in [5, 5.41) is 9.12. The van der Waals surface area contributed by atoms with Gasteiger partial charge in [-0.05, 0) is 12.1 Å². The van der Waals surface area contributed by atoms with E-state index in [9.17, 15) is 0 Å². The number of rotatable bonds is 2. The van der Waals surface area contributed by atoms with Gasteiger partial charge in [-0.2, -0.15) is 5.26 Å². The molecule has 0 N–H and O–H groups in total. The standard InChI is InChI=1S/C10H10N2S2/c1-7(2)14-10(13)8-3-4-12-9(5-8)6-11/h3-5,7H,1-2H3. The van der Waals surface area contributed by atoms with E-state index >= 15 is 0 Å². The van der Waals surface area contributed by atoms with Crippen LogP contribution in [-0.4, -0.2) is 14.4 Å². The van der Waals surface area contributed by atoms with Crippen LogP contribution in [0.5, 0.6) is 0 Å². The first kappa shape index (κ1) is 11.2. The Kier molecular flexibility index (Phi) is 4.05. The van der Waals surface area contributed by atoms with Gasteiger partial charge in [-0.3, -0.25) is 0 Å². The van der Waals surface area contributed by atoms with Crippen molar-refractivity contribution in [2.24, 2.45) is 0 Å². The molecule has 1 aromatic rings. The van der Waals surface area contributed by atoms with Gasteiger partial charge in [-0.15, -0.1) is 11.8 Å². The number of aromatic nitrogens is 1. The monoisotopic (exact) mass is 222 g/mol. The van der Waals surface area contributed by atoms with Gasteiger partial charge in [-0.1, -0.05) is 26.1 Å². The van der Waals surface area contributed by atoms with E-state index in [2.05, 4.69) is 18.8 Å². The highest BCUT2D eigenvalue weighted by Crippen LogP contribution is 2.18. The minimum absolute atomic E-state index is 0.411. The largest absolute Gasteiger partial charge is 0.246 e. The van der Waals surface area contributed by atoms with Crippen LogP contribution in [-0.2, 0) is 0 Å². The minimum Gasteiger partial charge on any atom is -0.246 e. The van der Waals surface area contributed by atoms with Gasteiger partial charge in [0.2, 0.25) is 0 Å². The van der Waals surface area contributed by atoms with E-state index in [-0.39, 0.29) is 0 Å². The minimum atomic E-state index is 0.411. The summed E-state index contributed by atoms with van der Waals surface area (Å²) in [7, 11) is 0. The molecule has 0 aliphatic heterocycles. The number of hydrogen-bond acceptors (Lipinski definition) is 4. The average Bonchev–Trinajstić information content (AvgIpc) is 2.17. The molecule has 1 aromatic heterocycles. The molecule has 0 spiro atoms. The Labute approximate surface area is 93.4 Å². The van der Waals surface area contributed by atoms with Gasteiger partial charge in [0, 0.05) is 17.0 Å². The number of pyridine rings is 1. The van der Waals surface area contributed by atoms with Crippen LogP contribution in [0.25, 0.3) is 0 Å². The van der Waals surface area contributed by atoms with Gasteiger partial charge in [0.15, 0.2) is 0 Å². The maximum Gasteiger partial charge on any atom is 0.141 e. The lowest BCUT2D eigenvalue weighted by Gasteiger charge is -2.05.